The van der Waals surface area contributed by atoms with Crippen LogP contribution in [0.5, 0.6) is 0 Å². The minimum Gasteiger partial charge on any atom is -0.323 e. The van der Waals surface area contributed by atoms with E-state index in [9.17, 15) is 4.39 Å². The lowest BCUT2D eigenvalue weighted by atomic mass is 9.98. The number of nitrogens with two attached hydrogens (primary N) is 1. The van der Waals surface area contributed by atoms with E-state index in [1.165, 1.54) is 36.6 Å². The highest BCUT2D eigenvalue weighted by Gasteiger charge is 2.20. The van der Waals surface area contributed by atoms with E-state index < -0.39 is 0 Å². The Bertz CT molecular complexity index is 542. The van der Waals surface area contributed by atoms with Crippen LogP contribution in [0.4, 0.5) is 4.39 Å². The zero-order chi connectivity index (χ0) is 12.5. The molecule has 0 aliphatic heterocycles. The standard InChI is InChI=1S/C15H18FNS/c16-12-6-5-11-8-15(18-14(11)9-12)13(17)7-10-3-1-2-4-10/h5-6,8-10,13H,1-4,7,17H2. The second kappa shape index (κ2) is 4.98. The topological polar surface area (TPSA) is 26.0 Å². The summed E-state index contributed by atoms with van der Waals surface area (Å²) < 4.78 is 14.2. The maximum absolute atomic E-state index is 13.1. The molecule has 3 heteroatoms. The normalized spacial score (nSPS) is 18.6. The number of halogens is 1. The van der Waals surface area contributed by atoms with Crippen LogP contribution in [0.2, 0.25) is 0 Å². The predicted molar refractivity (Wildman–Crippen MR) is 75.3 cm³/mol. The van der Waals surface area contributed by atoms with Crippen LogP contribution < -0.4 is 5.73 Å². The van der Waals surface area contributed by atoms with E-state index in [-0.39, 0.29) is 11.9 Å². The number of fused-ring (bicyclic) bond motifs is 1. The summed E-state index contributed by atoms with van der Waals surface area (Å²) >= 11 is 1.64. The van der Waals surface area contributed by atoms with Crippen molar-refractivity contribution >= 4 is 21.4 Å². The molecule has 1 aromatic carbocycles. The van der Waals surface area contributed by atoms with Gasteiger partial charge in [-0.15, -0.1) is 11.3 Å². The van der Waals surface area contributed by atoms with Gasteiger partial charge in [-0.25, -0.2) is 4.39 Å². The highest BCUT2D eigenvalue weighted by molar-refractivity contribution is 7.19. The molecule has 1 aromatic heterocycles. The van der Waals surface area contributed by atoms with Gasteiger partial charge in [0.05, 0.1) is 0 Å². The van der Waals surface area contributed by atoms with E-state index in [1.807, 2.05) is 6.07 Å². The Hall–Kier alpha value is -0.930. The van der Waals surface area contributed by atoms with Crippen LogP contribution in [0.1, 0.15) is 43.0 Å². The second-order valence-electron chi connectivity index (χ2n) is 5.32. The molecule has 0 saturated heterocycles. The van der Waals surface area contributed by atoms with Gasteiger partial charge in [-0.3, -0.25) is 0 Å². The molecule has 0 bridgehead atoms. The van der Waals surface area contributed by atoms with Crippen LogP contribution in [-0.4, -0.2) is 0 Å². The minimum absolute atomic E-state index is 0.119. The van der Waals surface area contributed by atoms with Crippen molar-refractivity contribution < 1.29 is 4.39 Å². The van der Waals surface area contributed by atoms with Gasteiger partial charge in [0, 0.05) is 15.6 Å². The quantitative estimate of drug-likeness (QED) is 0.859. The fraction of sp³-hybridized carbons (Fsp3) is 0.467. The number of hydrogen-bond acceptors (Lipinski definition) is 2. The average Bonchev–Trinajstić information content (AvgIpc) is 2.96. The molecule has 0 amide bonds. The number of rotatable bonds is 3. The molecule has 1 aliphatic carbocycles. The molecule has 0 spiro atoms. The van der Waals surface area contributed by atoms with E-state index in [0.717, 1.165) is 22.4 Å². The van der Waals surface area contributed by atoms with Crippen LogP contribution in [0, 0.1) is 11.7 Å². The molecule has 96 valence electrons. The SMILES string of the molecule is NC(CC1CCCC1)c1cc2ccc(F)cc2s1. The summed E-state index contributed by atoms with van der Waals surface area (Å²) in [5.74, 6) is 0.627. The first-order valence-electron chi connectivity index (χ1n) is 6.67. The molecule has 1 saturated carbocycles. The Morgan fingerprint density at radius 2 is 2.06 bits per heavy atom. The molecule has 1 heterocycles. The lowest BCUT2D eigenvalue weighted by molar-refractivity contribution is 0.454. The van der Waals surface area contributed by atoms with Crippen molar-refractivity contribution in [3.05, 3.63) is 35.0 Å². The van der Waals surface area contributed by atoms with Gasteiger partial charge in [-0.1, -0.05) is 31.7 Å². The highest BCUT2D eigenvalue weighted by atomic mass is 32.1. The van der Waals surface area contributed by atoms with Crippen molar-refractivity contribution in [2.24, 2.45) is 11.7 Å². The Balaban J connectivity index is 1.80. The van der Waals surface area contributed by atoms with E-state index in [4.69, 9.17) is 5.73 Å². The van der Waals surface area contributed by atoms with Crippen molar-refractivity contribution in [1.82, 2.24) is 0 Å². The third kappa shape index (κ3) is 2.43. The molecule has 1 unspecified atom stereocenters. The maximum Gasteiger partial charge on any atom is 0.124 e. The molecule has 1 fully saturated rings. The molecule has 0 radical (unpaired) electrons. The Morgan fingerprint density at radius 1 is 1.28 bits per heavy atom. The third-order valence-electron chi connectivity index (χ3n) is 3.93. The first-order chi connectivity index (χ1) is 8.72. The fourth-order valence-corrected chi connectivity index (χ4v) is 4.03. The van der Waals surface area contributed by atoms with Gasteiger partial charge < -0.3 is 5.73 Å². The van der Waals surface area contributed by atoms with Crippen molar-refractivity contribution in [3.8, 4) is 0 Å². The third-order valence-corrected chi connectivity index (χ3v) is 5.16. The van der Waals surface area contributed by atoms with E-state index >= 15 is 0 Å². The number of thiophene rings is 1. The molecule has 1 atom stereocenters. The Morgan fingerprint density at radius 3 is 2.83 bits per heavy atom. The molecular weight excluding hydrogens is 245 g/mol. The summed E-state index contributed by atoms with van der Waals surface area (Å²) in [7, 11) is 0. The summed E-state index contributed by atoms with van der Waals surface area (Å²) in [6.07, 6.45) is 6.44. The first kappa shape index (κ1) is 12.1. The Labute approximate surface area is 111 Å². The first-order valence-corrected chi connectivity index (χ1v) is 7.48. The van der Waals surface area contributed by atoms with E-state index in [0.29, 0.717) is 0 Å². The summed E-state index contributed by atoms with van der Waals surface area (Å²) in [4.78, 5) is 1.20. The van der Waals surface area contributed by atoms with Crippen LogP contribution >= 0.6 is 11.3 Å². The van der Waals surface area contributed by atoms with Gasteiger partial charge in [0.15, 0.2) is 0 Å². The van der Waals surface area contributed by atoms with Crippen LogP contribution in [-0.2, 0) is 0 Å². The van der Waals surface area contributed by atoms with Crippen molar-refractivity contribution in [2.45, 2.75) is 38.1 Å². The lowest BCUT2D eigenvalue weighted by Crippen LogP contribution is -2.12. The van der Waals surface area contributed by atoms with Gasteiger partial charge in [0.1, 0.15) is 5.82 Å². The van der Waals surface area contributed by atoms with Crippen LogP contribution in [0.3, 0.4) is 0 Å². The average molecular weight is 263 g/mol. The largest absolute Gasteiger partial charge is 0.323 e. The van der Waals surface area contributed by atoms with Crippen molar-refractivity contribution in [2.75, 3.05) is 0 Å². The maximum atomic E-state index is 13.1. The summed E-state index contributed by atoms with van der Waals surface area (Å²) in [6.45, 7) is 0. The van der Waals surface area contributed by atoms with Gasteiger partial charge in [0.25, 0.3) is 0 Å². The molecule has 3 rings (SSSR count). The van der Waals surface area contributed by atoms with E-state index in [1.54, 1.807) is 17.4 Å². The molecule has 2 N–H and O–H groups in total. The summed E-state index contributed by atoms with van der Waals surface area (Å²) in [5, 5.41) is 1.11. The lowest BCUT2D eigenvalue weighted by Gasteiger charge is -2.14. The van der Waals surface area contributed by atoms with Crippen LogP contribution in [0.15, 0.2) is 24.3 Å². The molecular formula is C15H18FNS. The van der Waals surface area contributed by atoms with Gasteiger partial charge in [-0.2, -0.15) is 0 Å². The smallest absolute Gasteiger partial charge is 0.124 e. The second-order valence-corrected chi connectivity index (χ2v) is 6.44. The fourth-order valence-electron chi connectivity index (χ4n) is 2.93. The Kier molecular flexibility index (Phi) is 3.35. The van der Waals surface area contributed by atoms with Crippen molar-refractivity contribution in [1.29, 1.82) is 0 Å². The van der Waals surface area contributed by atoms with Gasteiger partial charge >= 0.3 is 0 Å². The number of benzene rings is 1. The molecule has 1 nitrogen and oxygen atoms in total. The summed E-state index contributed by atoms with van der Waals surface area (Å²) in [5.41, 5.74) is 6.29. The molecule has 1 aliphatic rings. The predicted octanol–water partition coefficient (Wildman–Crippen LogP) is 4.62. The van der Waals surface area contributed by atoms with Gasteiger partial charge in [0.2, 0.25) is 0 Å². The van der Waals surface area contributed by atoms with E-state index in [2.05, 4.69) is 6.07 Å². The minimum atomic E-state index is -0.166. The van der Waals surface area contributed by atoms with Gasteiger partial charge in [-0.05, 0) is 35.9 Å². The monoisotopic (exact) mass is 263 g/mol. The summed E-state index contributed by atoms with van der Waals surface area (Å²) in [6, 6.07) is 7.20. The van der Waals surface area contributed by atoms with Crippen LogP contribution in [0.25, 0.3) is 10.1 Å². The number of hydrogen-bond donors (Lipinski definition) is 1. The zero-order valence-electron chi connectivity index (χ0n) is 10.4. The molecule has 2 aromatic rings. The zero-order valence-corrected chi connectivity index (χ0v) is 11.2. The molecule has 18 heavy (non-hydrogen) atoms. The highest BCUT2D eigenvalue weighted by Crippen LogP contribution is 2.36. The van der Waals surface area contributed by atoms with Crippen molar-refractivity contribution in [3.63, 3.8) is 0 Å².